The van der Waals surface area contributed by atoms with E-state index in [4.69, 9.17) is 0 Å². The van der Waals surface area contributed by atoms with Crippen LogP contribution in [0.25, 0.3) is 10.9 Å². The molecule has 2 aromatic carbocycles. The molecular formula is C20H21N3O2S. The van der Waals surface area contributed by atoms with E-state index in [2.05, 4.69) is 28.2 Å². The first-order chi connectivity index (χ1) is 12.6. The lowest BCUT2D eigenvalue weighted by molar-refractivity contribution is 0.485. The molecule has 4 rings (SSSR count). The summed E-state index contributed by atoms with van der Waals surface area (Å²) in [5.41, 5.74) is 1.90. The minimum atomic E-state index is -3.56. The third-order valence-electron chi connectivity index (χ3n) is 4.74. The van der Waals surface area contributed by atoms with Gasteiger partial charge in [0.15, 0.2) is 0 Å². The largest absolute Gasteiger partial charge is 0.367 e. The van der Waals surface area contributed by atoms with Crippen LogP contribution >= 0.6 is 0 Å². The van der Waals surface area contributed by atoms with Gasteiger partial charge in [-0.25, -0.2) is 8.42 Å². The molecule has 0 bridgehead atoms. The van der Waals surface area contributed by atoms with Crippen molar-refractivity contribution in [1.82, 2.24) is 10.3 Å². The lowest BCUT2D eigenvalue weighted by Crippen LogP contribution is -2.49. The van der Waals surface area contributed by atoms with Gasteiger partial charge in [-0.3, -0.25) is 4.98 Å². The van der Waals surface area contributed by atoms with Gasteiger partial charge in [0.05, 0.1) is 21.0 Å². The molecule has 6 heteroatoms. The first-order valence-corrected chi connectivity index (χ1v) is 10.2. The molecule has 1 fully saturated rings. The molecule has 2 heterocycles. The van der Waals surface area contributed by atoms with Gasteiger partial charge in [0, 0.05) is 37.3 Å². The Morgan fingerprint density at radius 2 is 1.88 bits per heavy atom. The number of hydrogen-bond acceptors (Lipinski definition) is 5. The molecule has 0 amide bonds. The molecule has 3 aromatic rings. The SMILES string of the molecule is CC1CN(c2cccc3cc(S(=O)(=O)c4ccccc4)cnc23)CCN1. The van der Waals surface area contributed by atoms with Crippen LogP contribution < -0.4 is 10.2 Å². The number of nitrogens with zero attached hydrogens (tertiary/aromatic N) is 2. The van der Waals surface area contributed by atoms with Crippen molar-refractivity contribution in [2.75, 3.05) is 24.5 Å². The molecule has 134 valence electrons. The number of para-hydroxylation sites is 1. The smallest absolute Gasteiger partial charge is 0.208 e. The maximum Gasteiger partial charge on any atom is 0.208 e. The molecule has 1 aliphatic heterocycles. The Bertz CT molecular complexity index is 1040. The van der Waals surface area contributed by atoms with Gasteiger partial charge in [-0.2, -0.15) is 0 Å². The van der Waals surface area contributed by atoms with Crippen LogP contribution in [-0.2, 0) is 9.84 Å². The van der Waals surface area contributed by atoms with E-state index in [1.54, 1.807) is 36.4 Å². The highest BCUT2D eigenvalue weighted by atomic mass is 32.2. The summed E-state index contributed by atoms with van der Waals surface area (Å²) < 4.78 is 25.7. The van der Waals surface area contributed by atoms with Crippen LogP contribution in [0.15, 0.2) is 70.6 Å². The number of aromatic nitrogens is 1. The van der Waals surface area contributed by atoms with E-state index in [0.717, 1.165) is 36.2 Å². The Hall–Kier alpha value is -2.44. The van der Waals surface area contributed by atoms with Crippen molar-refractivity contribution >= 4 is 26.4 Å². The average Bonchev–Trinajstić information content (AvgIpc) is 2.67. The predicted octanol–water partition coefficient (Wildman–Crippen LogP) is 2.87. The van der Waals surface area contributed by atoms with Crippen molar-refractivity contribution in [3.63, 3.8) is 0 Å². The second kappa shape index (κ2) is 6.70. The van der Waals surface area contributed by atoms with Crippen LogP contribution in [0.2, 0.25) is 0 Å². The maximum absolute atomic E-state index is 12.8. The van der Waals surface area contributed by atoms with E-state index in [0.29, 0.717) is 6.04 Å². The number of anilines is 1. The number of sulfone groups is 1. The molecule has 1 aliphatic rings. The zero-order valence-corrected chi connectivity index (χ0v) is 15.4. The molecule has 0 aliphatic carbocycles. The molecule has 1 unspecified atom stereocenters. The van der Waals surface area contributed by atoms with Crippen molar-refractivity contribution in [1.29, 1.82) is 0 Å². The summed E-state index contributed by atoms with van der Waals surface area (Å²) in [6, 6.07) is 16.5. The Kier molecular flexibility index (Phi) is 4.38. The van der Waals surface area contributed by atoms with Gasteiger partial charge in [-0.05, 0) is 31.2 Å². The Labute approximate surface area is 153 Å². The standard InChI is InChI=1S/C20H21N3O2S/c1-15-14-23(11-10-21-15)19-9-5-6-16-12-18(13-22-20(16)19)26(24,25)17-7-3-2-4-8-17/h2-9,12-13,15,21H,10-11,14H2,1H3. The third-order valence-corrected chi connectivity index (χ3v) is 6.47. The number of hydrogen-bond donors (Lipinski definition) is 1. The number of fused-ring (bicyclic) bond motifs is 1. The number of benzene rings is 2. The van der Waals surface area contributed by atoms with E-state index in [9.17, 15) is 8.42 Å². The van der Waals surface area contributed by atoms with Gasteiger partial charge in [0.25, 0.3) is 0 Å². The summed E-state index contributed by atoms with van der Waals surface area (Å²) >= 11 is 0. The number of nitrogens with one attached hydrogen (secondary N) is 1. The topological polar surface area (TPSA) is 62.3 Å². The van der Waals surface area contributed by atoms with Crippen LogP contribution in [-0.4, -0.2) is 39.1 Å². The fourth-order valence-electron chi connectivity index (χ4n) is 3.41. The third kappa shape index (κ3) is 3.06. The summed E-state index contributed by atoms with van der Waals surface area (Å²) in [6.45, 7) is 4.91. The Morgan fingerprint density at radius 1 is 1.08 bits per heavy atom. The minimum absolute atomic E-state index is 0.224. The fourth-order valence-corrected chi connectivity index (χ4v) is 4.67. The first kappa shape index (κ1) is 17.0. The van der Waals surface area contributed by atoms with Crippen LogP contribution in [0.5, 0.6) is 0 Å². The Balaban J connectivity index is 1.77. The van der Waals surface area contributed by atoms with Gasteiger partial charge >= 0.3 is 0 Å². The highest BCUT2D eigenvalue weighted by molar-refractivity contribution is 7.91. The number of piperazine rings is 1. The van der Waals surface area contributed by atoms with Gasteiger partial charge in [-0.1, -0.05) is 30.3 Å². The molecule has 0 saturated carbocycles. The van der Waals surface area contributed by atoms with Crippen LogP contribution in [0.1, 0.15) is 6.92 Å². The van der Waals surface area contributed by atoms with Crippen molar-refractivity contribution in [3.05, 3.63) is 60.8 Å². The van der Waals surface area contributed by atoms with Gasteiger partial charge < -0.3 is 10.2 Å². The van der Waals surface area contributed by atoms with Crippen molar-refractivity contribution in [2.45, 2.75) is 22.8 Å². The molecule has 1 aromatic heterocycles. The zero-order valence-electron chi connectivity index (χ0n) is 14.6. The molecule has 1 saturated heterocycles. The monoisotopic (exact) mass is 367 g/mol. The predicted molar refractivity (Wildman–Crippen MR) is 103 cm³/mol. The lowest BCUT2D eigenvalue weighted by atomic mass is 10.1. The molecule has 0 radical (unpaired) electrons. The molecule has 0 spiro atoms. The summed E-state index contributed by atoms with van der Waals surface area (Å²) in [4.78, 5) is 7.35. The van der Waals surface area contributed by atoms with Gasteiger partial charge in [-0.15, -0.1) is 0 Å². The summed E-state index contributed by atoms with van der Waals surface area (Å²) in [5.74, 6) is 0. The van der Waals surface area contributed by atoms with Crippen LogP contribution in [0.3, 0.4) is 0 Å². The summed E-state index contributed by atoms with van der Waals surface area (Å²) in [7, 11) is -3.56. The maximum atomic E-state index is 12.8. The number of pyridine rings is 1. The molecule has 5 nitrogen and oxygen atoms in total. The highest BCUT2D eigenvalue weighted by Gasteiger charge is 2.21. The summed E-state index contributed by atoms with van der Waals surface area (Å²) in [6.07, 6.45) is 1.47. The van der Waals surface area contributed by atoms with E-state index >= 15 is 0 Å². The zero-order chi connectivity index (χ0) is 18.1. The van der Waals surface area contributed by atoms with E-state index in [1.807, 2.05) is 12.1 Å². The lowest BCUT2D eigenvalue weighted by Gasteiger charge is -2.34. The molecule has 26 heavy (non-hydrogen) atoms. The quantitative estimate of drug-likeness (QED) is 0.771. The number of rotatable bonds is 3. The second-order valence-electron chi connectivity index (χ2n) is 6.64. The molecular weight excluding hydrogens is 346 g/mol. The van der Waals surface area contributed by atoms with E-state index < -0.39 is 9.84 Å². The summed E-state index contributed by atoms with van der Waals surface area (Å²) in [5, 5.41) is 4.27. The van der Waals surface area contributed by atoms with Crippen LogP contribution in [0, 0.1) is 0 Å². The molecule has 1 atom stereocenters. The van der Waals surface area contributed by atoms with Crippen LogP contribution in [0.4, 0.5) is 5.69 Å². The molecule has 1 N–H and O–H groups in total. The fraction of sp³-hybridized carbons (Fsp3) is 0.250. The van der Waals surface area contributed by atoms with Crippen molar-refractivity contribution < 1.29 is 8.42 Å². The first-order valence-electron chi connectivity index (χ1n) is 8.73. The average molecular weight is 367 g/mol. The normalized spacial score (nSPS) is 18.2. The van der Waals surface area contributed by atoms with E-state index in [1.165, 1.54) is 6.20 Å². The van der Waals surface area contributed by atoms with Crippen molar-refractivity contribution in [3.8, 4) is 0 Å². The minimum Gasteiger partial charge on any atom is -0.367 e. The Morgan fingerprint density at radius 3 is 2.65 bits per heavy atom. The van der Waals surface area contributed by atoms with Gasteiger partial charge in [0.2, 0.25) is 9.84 Å². The second-order valence-corrected chi connectivity index (χ2v) is 8.59. The van der Waals surface area contributed by atoms with E-state index in [-0.39, 0.29) is 9.79 Å². The van der Waals surface area contributed by atoms with Gasteiger partial charge in [0.1, 0.15) is 0 Å². The van der Waals surface area contributed by atoms with Crippen molar-refractivity contribution in [2.24, 2.45) is 0 Å². The highest BCUT2D eigenvalue weighted by Crippen LogP contribution is 2.29.